The van der Waals surface area contributed by atoms with Crippen molar-refractivity contribution in [3.63, 3.8) is 0 Å². The van der Waals surface area contributed by atoms with E-state index in [0.29, 0.717) is 24.6 Å². The van der Waals surface area contributed by atoms with Gasteiger partial charge in [0.15, 0.2) is 11.6 Å². The fourth-order valence-corrected chi connectivity index (χ4v) is 2.16. The maximum absolute atomic E-state index is 13.8. The van der Waals surface area contributed by atoms with Gasteiger partial charge in [-0.3, -0.25) is 0 Å². The van der Waals surface area contributed by atoms with E-state index >= 15 is 0 Å². The van der Waals surface area contributed by atoms with Crippen LogP contribution in [0.2, 0.25) is 0 Å². The second kappa shape index (κ2) is 5.67. The van der Waals surface area contributed by atoms with Crippen molar-refractivity contribution in [1.29, 1.82) is 0 Å². The Bertz CT molecular complexity index is 409. The molecule has 18 heavy (non-hydrogen) atoms. The van der Waals surface area contributed by atoms with Gasteiger partial charge in [-0.15, -0.1) is 0 Å². The predicted molar refractivity (Wildman–Crippen MR) is 68.4 cm³/mol. The zero-order valence-corrected chi connectivity index (χ0v) is 10.8. The van der Waals surface area contributed by atoms with E-state index in [2.05, 4.69) is 5.32 Å². The van der Waals surface area contributed by atoms with Gasteiger partial charge in [0.2, 0.25) is 0 Å². The number of halogens is 1. The topological polar surface area (TPSA) is 41.5 Å². The minimum Gasteiger partial charge on any atom is -0.486 e. The van der Waals surface area contributed by atoms with Crippen LogP contribution in [-0.2, 0) is 0 Å². The smallest absolute Gasteiger partial charge is 0.165 e. The molecule has 0 amide bonds. The first-order valence-corrected chi connectivity index (χ1v) is 6.40. The van der Waals surface area contributed by atoms with Crippen molar-refractivity contribution < 1.29 is 14.2 Å². The Morgan fingerprint density at radius 2 is 2.28 bits per heavy atom. The van der Waals surface area contributed by atoms with E-state index < -0.39 is 0 Å². The normalized spacial score (nSPS) is 23.6. The quantitative estimate of drug-likeness (QED) is 0.863. The minimum absolute atomic E-state index is 0.0630. The molecule has 0 radical (unpaired) electrons. The summed E-state index contributed by atoms with van der Waals surface area (Å²) in [5.41, 5.74) is 0.970. The van der Waals surface area contributed by atoms with Crippen LogP contribution in [-0.4, -0.2) is 30.4 Å². The first-order valence-electron chi connectivity index (χ1n) is 6.40. The SMILES string of the molecule is CC(C)c1ccc(O[C@H]2CN[C@H](CO)C2)c(F)c1. The van der Waals surface area contributed by atoms with Gasteiger partial charge in [0.25, 0.3) is 0 Å². The van der Waals surface area contributed by atoms with Gasteiger partial charge >= 0.3 is 0 Å². The highest BCUT2D eigenvalue weighted by molar-refractivity contribution is 5.31. The molecule has 3 nitrogen and oxygen atoms in total. The number of hydrogen-bond acceptors (Lipinski definition) is 3. The number of hydrogen-bond donors (Lipinski definition) is 2. The van der Waals surface area contributed by atoms with E-state index in [4.69, 9.17) is 9.84 Å². The lowest BCUT2D eigenvalue weighted by Gasteiger charge is -2.15. The molecule has 2 N–H and O–H groups in total. The molecule has 100 valence electrons. The third-order valence-electron chi connectivity index (χ3n) is 3.32. The fourth-order valence-electron chi connectivity index (χ4n) is 2.16. The second-order valence-corrected chi connectivity index (χ2v) is 5.11. The maximum Gasteiger partial charge on any atom is 0.165 e. The van der Waals surface area contributed by atoms with Crippen LogP contribution < -0.4 is 10.1 Å². The summed E-state index contributed by atoms with van der Waals surface area (Å²) in [5.74, 6) is 0.291. The molecule has 1 aliphatic rings. The third kappa shape index (κ3) is 3.00. The van der Waals surface area contributed by atoms with Crippen LogP contribution in [0.25, 0.3) is 0 Å². The van der Waals surface area contributed by atoms with Gasteiger partial charge in [-0.25, -0.2) is 4.39 Å². The second-order valence-electron chi connectivity index (χ2n) is 5.11. The molecule has 1 aromatic carbocycles. The molecule has 0 aromatic heterocycles. The van der Waals surface area contributed by atoms with Crippen LogP contribution in [0.15, 0.2) is 18.2 Å². The first-order chi connectivity index (χ1) is 8.60. The van der Waals surface area contributed by atoms with Crippen molar-refractivity contribution in [3.8, 4) is 5.75 Å². The molecule has 0 saturated carbocycles. The Morgan fingerprint density at radius 1 is 1.50 bits per heavy atom. The van der Waals surface area contributed by atoms with Crippen molar-refractivity contribution in [2.24, 2.45) is 0 Å². The van der Waals surface area contributed by atoms with E-state index in [9.17, 15) is 4.39 Å². The molecule has 1 aliphatic heterocycles. The number of rotatable bonds is 4. The summed E-state index contributed by atoms with van der Waals surface area (Å²) in [6, 6.07) is 5.19. The summed E-state index contributed by atoms with van der Waals surface area (Å²) >= 11 is 0. The van der Waals surface area contributed by atoms with Crippen molar-refractivity contribution in [2.75, 3.05) is 13.2 Å². The Labute approximate surface area is 107 Å². The minimum atomic E-state index is -0.311. The van der Waals surface area contributed by atoms with E-state index in [0.717, 1.165) is 5.56 Å². The zero-order chi connectivity index (χ0) is 13.1. The molecule has 0 unspecified atom stereocenters. The molecule has 2 atom stereocenters. The number of benzene rings is 1. The number of aliphatic hydroxyl groups excluding tert-OH is 1. The molecule has 4 heteroatoms. The van der Waals surface area contributed by atoms with Gasteiger partial charge < -0.3 is 15.2 Å². The molecule has 1 fully saturated rings. The molecule has 0 aliphatic carbocycles. The Kier molecular flexibility index (Phi) is 4.19. The largest absolute Gasteiger partial charge is 0.486 e. The van der Waals surface area contributed by atoms with Crippen molar-refractivity contribution in [3.05, 3.63) is 29.6 Å². The van der Waals surface area contributed by atoms with Crippen LogP contribution in [0.3, 0.4) is 0 Å². The molecule has 1 saturated heterocycles. The summed E-state index contributed by atoms with van der Waals surface area (Å²) in [6.45, 7) is 4.80. The lowest BCUT2D eigenvalue weighted by atomic mass is 10.0. The third-order valence-corrected chi connectivity index (χ3v) is 3.32. The summed E-state index contributed by atoms with van der Waals surface area (Å²) < 4.78 is 19.5. The number of ether oxygens (including phenoxy) is 1. The van der Waals surface area contributed by atoms with E-state index in [1.165, 1.54) is 6.07 Å². The number of nitrogens with one attached hydrogen (secondary N) is 1. The van der Waals surface area contributed by atoms with Crippen LogP contribution >= 0.6 is 0 Å². The first kappa shape index (κ1) is 13.3. The van der Waals surface area contributed by atoms with E-state index in [-0.39, 0.29) is 24.6 Å². The van der Waals surface area contributed by atoms with E-state index in [1.807, 2.05) is 19.9 Å². The summed E-state index contributed by atoms with van der Waals surface area (Å²) in [4.78, 5) is 0. The summed E-state index contributed by atoms with van der Waals surface area (Å²) in [7, 11) is 0. The highest BCUT2D eigenvalue weighted by atomic mass is 19.1. The van der Waals surface area contributed by atoms with Gasteiger partial charge in [0.05, 0.1) is 6.61 Å². The highest BCUT2D eigenvalue weighted by Gasteiger charge is 2.25. The average Bonchev–Trinajstić information content (AvgIpc) is 2.79. The Hall–Kier alpha value is -1.13. The number of aliphatic hydroxyl groups is 1. The lowest BCUT2D eigenvalue weighted by Crippen LogP contribution is -2.25. The van der Waals surface area contributed by atoms with E-state index in [1.54, 1.807) is 6.07 Å². The van der Waals surface area contributed by atoms with Crippen molar-refractivity contribution >= 4 is 0 Å². The van der Waals surface area contributed by atoms with Gasteiger partial charge in [-0.1, -0.05) is 19.9 Å². The average molecular weight is 253 g/mol. The van der Waals surface area contributed by atoms with Crippen LogP contribution in [0.1, 0.15) is 31.7 Å². The summed E-state index contributed by atoms with van der Waals surface area (Å²) in [5, 5.41) is 12.1. The Morgan fingerprint density at radius 3 is 2.83 bits per heavy atom. The van der Waals surface area contributed by atoms with Gasteiger partial charge in [0, 0.05) is 19.0 Å². The molecule has 1 heterocycles. The van der Waals surface area contributed by atoms with Crippen LogP contribution in [0, 0.1) is 5.82 Å². The van der Waals surface area contributed by atoms with Crippen LogP contribution in [0.4, 0.5) is 4.39 Å². The molecule has 0 spiro atoms. The van der Waals surface area contributed by atoms with Crippen molar-refractivity contribution in [2.45, 2.75) is 38.3 Å². The maximum atomic E-state index is 13.8. The molecular formula is C14H20FNO2. The highest BCUT2D eigenvalue weighted by Crippen LogP contribution is 2.25. The van der Waals surface area contributed by atoms with Gasteiger partial charge in [-0.05, 0) is 23.6 Å². The molecule has 1 aromatic rings. The van der Waals surface area contributed by atoms with Gasteiger partial charge in [-0.2, -0.15) is 0 Å². The lowest BCUT2D eigenvalue weighted by molar-refractivity contribution is 0.199. The van der Waals surface area contributed by atoms with Crippen molar-refractivity contribution in [1.82, 2.24) is 5.32 Å². The molecule has 0 bridgehead atoms. The molecule has 2 rings (SSSR count). The Balaban J connectivity index is 2.02. The zero-order valence-electron chi connectivity index (χ0n) is 10.8. The molecular weight excluding hydrogens is 233 g/mol. The van der Waals surface area contributed by atoms with Gasteiger partial charge in [0.1, 0.15) is 6.10 Å². The van der Waals surface area contributed by atoms with Crippen LogP contribution in [0.5, 0.6) is 5.75 Å². The summed E-state index contributed by atoms with van der Waals surface area (Å²) in [6.07, 6.45) is 0.642. The monoisotopic (exact) mass is 253 g/mol. The fraction of sp³-hybridized carbons (Fsp3) is 0.571. The standard InChI is InChI=1S/C14H20FNO2/c1-9(2)10-3-4-14(13(15)5-10)18-12-6-11(8-17)16-7-12/h3-5,9,11-12,16-17H,6-8H2,1-2H3/t11-,12+/m0/s1. The predicted octanol–water partition coefficient (Wildman–Crippen LogP) is 2.05.